The zero-order valence-electron chi connectivity index (χ0n) is 16.2. The Balaban J connectivity index is 1.68. The Kier molecular flexibility index (Phi) is 6.95. The fraction of sp³-hybridized carbons (Fsp3) is 0.348. The summed E-state index contributed by atoms with van der Waals surface area (Å²) in [5.74, 6) is 0.0127. The number of carbonyl (C=O) groups excluding carboxylic acids is 2. The minimum absolute atomic E-state index is 0.133. The number of carbonyl (C=O) groups is 2. The molecule has 1 fully saturated rings. The predicted octanol–water partition coefficient (Wildman–Crippen LogP) is 4.23. The summed E-state index contributed by atoms with van der Waals surface area (Å²) in [6.07, 6.45) is 4.53. The van der Waals surface area contributed by atoms with Gasteiger partial charge >= 0.3 is 0 Å². The van der Waals surface area contributed by atoms with Crippen molar-refractivity contribution in [3.8, 4) is 0 Å². The Bertz CT molecular complexity index is 818. The lowest BCUT2D eigenvalue weighted by molar-refractivity contribution is -0.121. The molecule has 0 aromatic heterocycles. The van der Waals surface area contributed by atoms with Crippen molar-refractivity contribution in [3.63, 3.8) is 0 Å². The van der Waals surface area contributed by atoms with E-state index in [9.17, 15) is 9.59 Å². The van der Waals surface area contributed by atoms with Gasteiger partial charge in [0.1, 0.15) is 0 Å². The van der Waals surface area contributed by atoms with Gasteiger partial charge in [0.25, 0.3) is 5.91 Å². The predicted molar refractivity (Wildman–Crippen MR) is 111 cm³/mol. The van der Waals surface area contributed by atoms with Crippen molar-refractivity contribution in [1.82, 2.24) is 10.7 Å². The fourth-order valence-electron chi connectivity index (χ4n) is 3.47. The molecule has 1 aliphatic rings. The normalized spacial score (nSPS) is 19.0. The van der Waals surface area contributed by atoms with Crippen molar-refractivity contribution < 1.29 is 9.59 Å². The molecule has 0 bridgehead atoms. The van der Waals surface area contributed by atoms with E-state index in [1.807, 2.05) is 48.5 Å². The molecule has 0 unspecified atom stereocenters. The maximum absolute atomic E-state index is 12.6. The van der Waals surface area contributed by atoms with Gasteiger partial charge < -0.3 is 5.32 Å². The highest BCUT2D eigenvalue weighted by atomic mass is 16.2. The van der Waals surface area contributed by atoms with Gasteiger partial charge in [0.05, 0.1) is 12.5 Å². The summed E-state index contributed by atoms with van der Waals surface area (Å²) in [4.78, 5) is 25.1. The monoisotopic (exact) mass is 377 g/mol. The first kappa shape index (κ1) is 19.8. The Morgan fingerprint density at radius 2 is 1.71 bits per heavy atom. The van der Waals surface area contributed by atoms with E-state index < -0.39 is 6.04 Å². The summed E-state index contributed by atoms with van der Waals surface area (Å²) in [6.45, 7) is 2.15. The van der Waals surface area contributed by atoms with Crippen molar-refractivity contribution in [3.05, 3.63) is 71.8 Å². The molecule has 2 amide bonds. The average Bonchev–Trinajstić information content (AvgIpc) is 2.74. The van der Waals surface area contributed by atoms with Gasteiger partial charge in [0, 0.05) is 11.3 Å². The number of amides is 2. The second-order valence-electron chi connectivity index (χ2n) is 7.29. The molecular weight excluding hydrogens is 350 g/mol. The van der Waals surface area contributed by atoms with E-state index in [0.29, 0.717) is 11.5 Å². The van der Waals surface area contributed by atoms with Crippen LogP contribution in [0.15, 0.2) is 65.8 Å². The maximum atomic E-state index is 12.6. The van der Waals surface area contributed by atoms with E-state index in [1.165, 1.54) is 6.42 Å². The SMILES string of the molecule is C[C@H]1CCCCC1=NNC(=O)C[C@@H](NC(=O)c1ccccc1)c1ccccc1. The molecule has 2 N–H and O–H groups in total. The number of hydrazone groups is 1. The zero-order chi connectivity index (χ0) is 19.8. The topological polar surface area (TPSA) is 70.6 Å². The summed E-state index contributed by atoms with van der Waals surface area (Å²) in [5.41, 5.74) is 5.21. The van der Waals surface area contributed by atoms with Crippen LogP contribution in [-0.2, 0) is 4.79 Å². The summed E-state index contributed by atoms with van der Waals surface area (Å²) >= 11 is 0. The number of benzene rings is 2. The lowest BCUT2D eigenvalue weighted by Gasteiger charge is -2.21. The van der Waals surface area contributed by atoms with E-state index in [-0.39, 0.29) is 18.2 Å². The molecule has 5 nitrogen and oxygen atoms in total. The van der Waals surface area contributed by atoms with Gasteiger partial charge in [-0.15, -0.1) is 0 Å². The molecule has 1 aliphatic carbocycles. The van der Waals surface area contributed by atoms with Crippen LogP contribution in [0.5, 0.6) is 0 Å². The van der Waals surface area contributed by atoms with Crippen LogP contribution in [0.2, 0.25) is 0 Å². The van der Waals surface area contributed by atoms with Crippen molar-refractivity contribution in [2.75, 3.05) is 0 Å². The second kappa shape index (κ2) is 9.83. The third-order valence-electron chi connectivity index (χ3n) is 5.15. The van der Waals surface area contributed by atoms with Crippen molar-refractivity contribution in [1.29, 1.82) is 0 Å². The summed E-state index contributed by atoms with van der Waals surface area (Å²) in [6, 6.07) is 18.1. The zero-order valence-corrected chi connectivity index (χ0v) is 16.2. The van der Waals surface area contributed by atoms with E-state index in [2.05, 4.69) is 22.8 Å². The summed E-state index contributed by atoms with van der Waals surface area (Å²) in [5, 5.41) is 7.33. The Labute approximate surface area is 166 Å². The van der Waals surface area contributed by atoms with Gasteiger partial charge in [-0.3, -0.25) is 9.59 Å². The molecule has 0 spiro atoms. The molecule has 28 heavy (non-hydrogen) atoms. The van der Waals surface area contributed by atoms with Crippen LogP contribution in [0.3, 0.4) is 0 Å². The molecule has 0 radical (unpaired) electrons. The van der Waals surface area contributed by atoms with Crippen LogP contribution in [-0.4, -0.2) is 17.5 Å². The highest BCUT2D eigenvalue weighted by molar-refractivity contribution is 5.95. The van der Waals surface area contributed by atoms with Gasteiger partial charge in [-0.25, -0.2) is 5.43 Å². The quantitative estimate of drug-likeness (QED) is 0.740. The second-order valence-corrected chi connectivity index (χ2v) is 7.29. The van der Waals surface area contributed by atoms with Crippen molar-refractivity contribution in [2.24, 2.45) is 11.0 Å². The van der Waals surface area contributed by atoms with Crippen LogP contribution >= 0.6 is 0 Å². The minimum atomic E-state index is -0.419. The highest BCUT2D eigenvalue weighted by Crippen LogP contribution is 2.21. The van der Waals surface area contributed by atoms with Gasteiger partial charge in [0.15, 0.2) is 0 Å². The number of nitrogens with one attached hydrogen (secondary N) is 2. The standard InChI is InChI=1S/C23H27N3O2/c1-17-10-8-9-15-20(17)25-26-22(27)16-21(18-11-4-2-5-12-18)24-23(28)19-13-6-3-7-14-19/h2-7,11-14,17,21H,8-10,15-16H2,1H3,(H,24,28)(H,26,27)/t17-,21+/m0/s1. The van der Waals surface area contributed by atoms with Crippen LogP contribution in [0.25, 0.3) is 0 Å². The van der Waals surface area contributed by atoms with Gasteiger partial charge in [-0.05, 0) is 42.9 Å². The molecule has 0 saturated heterocycles. The smallest absolute Gasteiger partial charge is 0.251 e. The van der Waals surface area contributed by atoms with Gasteiger partial charge in [-0.1, -0.05) is 61.9 Å². The average molecular weight is 377 g/mol. The van der Waals surface area contributed by atoms with E-state index in [1.54, 1.807) is 12.1 Å². The molecule has 2 atom stereocenters. The first-order chi connectivity index (χ1) is 13.6. The lowest BCUT2D eigenvalue weighted by Crippen LogP contribution is -2.33. The lowest BCUT2D eigenvalue weighted by atomic mass is 9.89. The third kappa shape index (κ3) is 5.52. The molecule has 0 aliphatic heterocycles. The largest absolute Gasteiger partial charge is 0.345 e. The van der Waals surface area contributed by atoms with E-state index >= 15 is 0 Å². The van der Waals surface area contributed by atoms with Gasteiger partial charge in [-0.2, -0.15) is 5.10 Å². The molecule has 2 aromatic rings. The summed E-state index contributed by atoms with van der Waals surface area (Å²) < 4.78 is 0. The number of nitrogens with zero attached hydrogens (tertiary/aromatic N) is 1. The van der Waals surface area contributed by atoms with Crippen LogP contribution in [0, 0.1) is 5.92 Å². The minimum Gasteiger partial charge on any atom is -0.345 e. The van der Waals surface area contributed by atoms with E-state index in [0.717, 1.165) is 30.5 Å². The van der Waals surface area contributed by atoms with Crippen molar-refractivity contribution >= 4 is 17.5 Å². The third-order valence-corrected chi connectivity index (χ3v) is 5.15. The molecule has 0 heterocycles. The first-order valence-electron chi connectivity index (χ1n) is 9.89. The number of rotatable bonds is 6. The van der Waals surface area contributed by atoms with Crippen molar-refractivity contribution in [2.45, 2.75) is 45.1 Å². The maximum Gasteiger partial charge on any atom is 0.251 e. The Morgan fingerprint density at radius 3 is 2.39 bits per heavy atom. The highest BCUT2D eigenvalue weighted by Gasteiger charge is 2.20. The Morgan fingerprint density at radius 1 is 1.04 bits per heavy atom. The molecule has 5 heteroatoms. The van der Waals surface area contributed by atoms with Crippen LogP contribution in [0.1, 0.15) is 61.0 Å². The number of hydrogen-bond acceptors (Lipinski definition) is 3. The molecule has 146 valence electrons. The number of hydrogen-bond donors (Lipinski definition) is 2. The van der Waals surface area contributed by atoms with Crippen LogP contribution < -0.4 is 10.7 Å². The molecular formula is C23H27N3O2. The Hall–Kier alpha value is -2.95. The first-order valence-corrected chi connectivity index (χ1v) is 9.89. The molecule has 1 saturated carbocycles. The molecule has 2 aromatic carbocycles. The van der Waals surface area contributed by atoms with Gasteiger partial charge in [0.2, 0.25) is 5.91 Å². The van der Waals surface area contributed by atoms with E-state index in [4.69, 9.17) is 0 Å². The summed E-state index contributed by atoms with van der Waals surface area (Å²) in [7, 11) is 0. The molecule has 3 rings (SSSR count). The van der Waals surface area contributed by atoms with Crippen LogP contribution in [0.4, 0.5) is 0 Å². The fourth-order valence-corrected chi connectivity index (χ4v) is 3.47.